The van der Waals surface area contributed by atoms with E-state index in [2.05, 4.69) is 15.3 Å². The number of aromatic nitrogens is 2. The van der Waals surface area contributed by atoms with Crippen LogP contribution in [-0.4, -0.2) is 27.3 Å². The third-order valence-corrected chi connectivity index (χ3v) is 3.06. The molecule has 0 saturated carbocycles. The van der Waals surface area contributed by atoms with Gasteiger partial charge in [-0.15, -0.1) is 0 Å². The Morgan fingerprint density at radius 2 is 2.05 bits per heavy atom. The topological polar surface area (TPSA) is 98.0 Å². The van der Waals surface area contributed by atoms with Gasteiger partial charge in [-0.3, -0.25) is 14.9 Å². The molecule has 1 amide bonds. The summed E-state index contributed by atoms with van der Waals surface area (Å²) in [7, 11) is 0. The minimum absolute atomic E-state index is 0.0564. The third kappa shape index (κ3) is 3.59. The number of nitrogens with zero attached hydrogens (tertiary/aromatic N) is 3. The fraction of sp³-hybridized carbons (Fsp3) is 0.214. The van der Waals surface area contributed by atoms with Gasteiger partial charge in [-0.1, -0.05) is 6.07 Å². The van der Waals surface area contributed by atoms with Crippen LogP contribution in [0.4, 0.5) is 5.69 Å². The lowest BCUT2D eigenvalue weighted by Crippen LogP contribution is -2.26. The highest BCUT2D eigenvalue weighted by Crippen LogP contribution is 2.20. The van der Waals surface area contributed by atoms with Crippen molar-refractivity contribution < 1.29 is 9.72 Å². The Hall–Kier alpha value is -2.83. The first kappa shape index (κ1) is 14.6. The van der Waals surface area contributed by atoms with E-state index < -0.39 is 4.92 Å². The summed E-state index contributed by atoms with van der Waals surface area (Å²) in [6, 6.07) is 4.46. The number of nitrogens with one attached hydrogen (secondary N) is 1. The van der Waals surface area contributed by atoms with Gasteiger partial charge in [0.15, 0.2) is 0 Å². The first-order chi connectivity index (χ1) is 10.1. The molecule has 0 aliphatic carbocycles. The van der Waals surface area contributed by atoms with Crippen LogP contribution in [0.2, 0.25) is 0 Å². The summed E-state index contributed by atoms with van der Waals surface area (Å²) in [6.07, 6.45) is 5.39. The van der Waals surface area contributed by atoms with E-state index in [0.717, 1.165) is 5.56 Å². The molecule has 0 bridgehead atoms. The zero-order valence-electron chi connectivity index (χ0n) is 11.4. The largest absolute Gasteiger partial charge is 0.352 e. The molecule has 2 rings (SSSR count). The van der Waals surface area contributed by atoms with Crippen LogP contribution in [0.25, 0.3) is 0 Å². The van der Waals surface area contributed by atoms with Gasteiger partial charge in [0.1, 0.15) is 6.33 Å². The minimum atomic E-state index is -0.493. The second-order valence-electron chi connectivity index (χ2n) is 4.46. The maximum atomic E-state index is 12.1. The predicted molar refractivity (Wildman–Crippen MR) is 75.9 cm³/mol. The summed E-state index contributed by atoms with van der Waals surface area (Å²) in [5.74, 6) is -0.326. The molecule has 1 aromatic heterocycles. The number of benzene rings is 1. The first-order valence-electron chi connectivity index (χ1n) is 6.35. The van der Waals surface area contributed by atoms with Crippen LogP contribution in [0.5, 0.6) is 0 Å². The smallest absolute Gasteiger partial charge is 0.273 e. The van der Waals surface area contributed by atoms with E-state index in [-0.39, 0.29) is 11.6 Å². The van der Waals surface area contributed by atoms with E-state index in [4.69, 9.17) is 0 Å². The van der Waals surface area contributed by atoms with Gasteiger partial charge in [-0.25, -0.2) is 9.97 Å². The Kier molecular flexibility index (Phi) is 4.55. The zero-order valence-corrected chi connectivity index (χ0v) is 11.4. The normalized spacial score (nSPS) is 10.1. The molecule has 7 nitrogen and oxygen atoms in total. The number of carbonyl (C=O) groups is 1. The van der Waals surface area contributed by atoms with Gasteiger partial charge in [-0.2, -0.15) is 0 Å². The molecule has 1 aromatic carbocycles. The van der Waals surface area contributed by atoms with E-state index in [9.17, 15) is 14.9 Å². The number of amides is 1. The van der Waals surface area contributed by atoms with Crippen LogP contribution in [0.3, 0.4) is 0 Å². The van der Waals surface area contributed by atoms with Gasteiger partial charge in [-0.05, 0) is 25.0 Å². The second kappa shape index (κ2) is 6.56. The number of hydrogen-bond acceptors (Lipinski definition) is 5. The maximum Gasteiger partial charge on any atom is 0.273 e. The summed E-state index contributed by atoms with van der Waals surface area (Å²) in [5, 5.41) is 13.6. The molecule has 2 aromatic rings. The fourth-order valence-electron chi connectivity index (χ4n) is 1.94. The number of carbonyl (C=O) groups excluding carboxylic acids is 1. The second-order valence-corrected chi connectivity index (χ2v) is 4.46. The van der Waals surface area contributed by atoms with Crippen LogP contribution in [0, 0.1) is 17.0 Å². The Labute approximate surface area is 121 Å². The van der Waals surface area contributed by atoms with Gasteiger partial charge in [0.2, 0.25) is 0 Å². The molecule has 1 N–H and O–H groups in total. The number of hydrogen-bond donors (Lipinski definition) is 1. The van der Waals surface area contributed by atoms with E-state index in [1.807, 2.05) is 0 Å². The number of rotatable bonds is 5. The molecular formula is C14H14N4O3. The monoisotopic (exact) mass is 286 g/mol. The summed E-state index contributed by atoms with van der Waals surface area (Å²) >= 11 is 0. The average molecular weight is 286 g/mol. The van der Waals surface area contributed by atoms with Gasteiger partial charge in [0.25, 0.3) is 11.6 Å². The summed E-state index contributed by atoms with van der Waals surface area (Å²) < 4.78 is 0. The first-order valence-corrected chi connectivity index (χ1v) is 6.35. The van der Waals surface area contributed by atoms with Gasteiger partial charge >= 0.3 is 0 Å². The van der Waals surface area contributed by atoms with Crippen molar-refractivity contribution >= 4 is 11.6 Å². The van der Waals surface area contributed by atoms with Crippen molar-refractivity contribution in [3.8, 4) is 0 Å². The molecule has 0 saturated heterocycles. The van der Waals surface area contributed by atoms with Crippen molar-refractivity contribution in [1.82, 2.24) is 15.3 Å². The van der Waals surface area contributed by atoms with Crippen molar-refractivity contribution in [2.45, 2.75) is 13.3 Å². The Balaban J connectivity index is 2.01. The highest BCUT2D eigenvalue weighted by Gasteiger charge is 2.17. The lowest BCUT2D eigenvalue weighted by molar-refractivity contribution is -0.385. The van der Waals surface area contributed by atoms with Crippen molar-refractivity contribution in [2.75, 3.05) is 6.54 Å². The van der Waals surface area contributed by atoms with Crippen LogP contribution < -0.4 is 5.32 Å². The molecule has 0 atom stereocenters. The molecule has 0 radical (unpaired) electrons. The number of nitro benzene ring substituents is 1. The van der Waals surface area contributed by atoms with Crippen molar-refractivity contribution in [3.05, 3.63) is 63.7 Å². The maximum absolute atomic E-state index is 12.1. The molecule has 0 aliphatic rings. The molecule has 0 fully saturated rings. The van der Waals surface area contributed by atoms with E-state index in [1.165, 1.54) is 18.5 Å². The quantitative estimate of drug-likeness (QED) is 0.666. The molecule has 0 spiro atoms. The van der Waals surface area contributed by atoms with Crippen LogP contribution >= 0.6 is 0 Å². The summed E-state index contributed by atoms with van der Waals surface area (Å²) in [4.78, 5) is 30.2. The molecule has 1 heterocycles. The minimum Gasteiger partial charge on any atom is -0.352 e. The van der Waals surface area contributed by atoms with Crippen molar-refractivity contribution in [2.24, 2.45) is 0 Å². The van der Waals surface area contributed by atoms with Gasteiger partial charge in [0, 0.05) is 36.1 Å². The number of nitro groups is 1. The molecular weight excluding hydrogens is 272 g/mol. The Morgan fingerprint density at radius 1 is 1.33 bits per heavy atom. The Morgan fingerprint density at radius 3 is 2.71 bits per heavy atom. The van der Waals surface area contributed by atoms with Crippen LogP contribution in [0.1, 0.15) is 21.5 Å². The standard InChI is InChI=1S/C14H14N4O3/c1-10-12(3-2-4-13(10)18(20)21)14(19)17-6-5-11-7-15-9-16-8-11/h2-4,7-9H,5-6H2,1H3,(H,17,19). The third-order valence-electron chi connectivity index (χ3n) is 3.06. The Bertz CT molecular complexity index is 659. The fourth-order valence-corrected chi connectivity index (χ4v) is 1.94. The predicted octanol–water partition coefficient (Wildman–Crippen LogP) is 1.67. The van der Waals surface area contributed by atoms with Gasteiger partial charge < -0.3 is 5.32 Å². The zero-order chi connectivity index (χ0) is 15.2. The summed E-state index contributed by atoms with van der Waals surface area (Å²) in [5.41, 5.74) is 1.53. The molecule has 0 unspecified atom stereocenters. The highest BCUT2D eigenvalue weighted by atomic mass is 16.6. The van der Waals surface area contributed by atoms with Gasteiger partial charge in [0.05, 0.1) is 4.92 Å². The molecule has 108 valence electrons. The lowest BCUT2D eigenvalue weighted by atomic mass is 10.1. The van der Waals surface area contributed by atoms with Crippen molar-refractivity contribution in [3.63, 3.8) is 0 Å². The average Bonchev–Trinajstić information content (AvgIpc) is 2.48. The van der Waals surface area contributed by atoms with Crippen LogP contribution in [0.15, 0.2) is 36.9 Å². The molecule has 0 aliphatic heterocycles. The van der Waals surface area contributed by atoms with E-state index in [0.29, 0.717) is 24.1 Å². The molecule has 7 heteroatoms. The SMILES string of the molecule is Cc1c(C(=O)NCCc2cncnc2)cccc1[N+](=O)[O-]. The lowest BCUT2D eigenvalue weighted by Gasteiger charge is -2.07. The molecule has 21 heavy (non-hydrogen) atoms. The van der Waals surface area contributed by atoms with E-state index >= 15 is 0 Å². The van der Waals surface area contributed by atoms with Crippen molar-refractivity contribution in [1.29, 1.82) is 0 Å². The van der Waals surface area contributed by atoms with Crippen LogP contribution in [-0.2, 0) is 6.42 Å². The summed E-state index contributed by atoms with van der Waals surface area (Å²) in [6.45, 7) is 1.98. The van der Waals surface area contributed by atoms with E-state index in [1.54, 1.807) is 25.4 Å². The highest BCUT2D eigenvalue weighted by molar-refractivity contribution is 5.96.